The summed E-state index contributed by atoms with van der Waals surface area (Å²) in [4.78, 5) is 17.9. The molecule has 3 N–H and O–H groups in total. The van der Waals surface area contributed by atoms with E-state index in [9.17, 15) is 4.79 Å². The molecule has 1 atom stereocenters. The minimum atomic E-state index is -2.33. The van der Waals surface area contributed by atoms with Gasteiger partial charge < -0.3 is 25.8 Å². The molecule has 1 unspecified atom stereocenters. The van der Waals surface area contributed by atoms with E-state index in [1.165, 1.54) is 6.92 Å². The minimum absolute atomic E-state index is 0. The zero-order chi connectivity index (χ0) is 8.73. The first kappa shape index (κ1) is 23.0. The van der Waals surface area contributed by atoms with E-state index in [1.807, 2.05) is 0 Å². The van der Waals surface area contributed by atoms with E-state index >= 15 is 0 Å². The molecule has 0 aliphatic carbocycles. The van der Waals surface area contributed by atoms with Crippen molar-refractivity contribution in [3.8, 4) is 0 Å². The molecule has 0 radical (unpaired) electrons. The first-order valence-electron chi connectivity index (χ1n) is 2.24. The topological polar surface area (TPSA) is 127 Å². The van der Waals surface area contributed by atoms with Crippen LogP contribution in [0.1, 0.15) is 6.92 Å². The van der Waals surface area contributed by atoms with Crippen molar-refractivity contribution in [2.45, 2.75) is 13.0 Å². The van der Waals surface area contributed by atoms with Gasteiger partial charge in [-0.2, -0.15) is 0 Å². The summed E-state index contributed by atoms with van der Waals surface area (Å²) < 4.78 is 0. The van der Waals surface area contributed by atoms with E-state index < -0.39 is 18.2 Å². The first-order valence-corrected chi connectivity index (χ1v) is 2.24. The first-order chi connectivity index (χ1) is 4.37. The Balaban J connectivity index is -0.0000000483. The van der Waals surface area contributed by atoms with Crippen LogP contribution in [0.4, 0.5) is 4.79 Å². The molecule has 0 saturated carbocycles. The van der Waals surface area contributed by atoms with Crippen molar-refractivity contribution < 1.29 is 84.0 Å². The third kappa shape index (κ3) is 45.6. The molecule has 0 aliphatic rings. The quantitative estimate of drug-likeness (QED) is 0.400. The monoisotopic (exact) mass is 195 g/mol. The Kier molecular flexibility index (Phi) is 27.2. The fraction of sp³-hybridized carbons (Fsp3) is 0.500. The molecular formula is C4H7NNa2O5. The molecule has 0 fully saturated rings. The Morgan fingerprint density at radius 2 is 1.42 bits per heavy atom. The van der Waals surface area contributed by atoms with E-state index in [0.717, 1.165) is 0 Å². The number of carboxylic acids is 1. The molecule has 8 heteroatoms. The Morgan fingerprint density at radius 1 is 1.33 bits per heavy atom. The smallest absolute Gasteiger partial charge is 0.652 e. The number of carboxylic acid groups (broad SMARTS) is 3. The van der Waals surface area contributed by atoms with Crippen LogP contribution in [-0.4, -0.2) is 23.3 Å². The number of rotatable bonds is 1. The van der Waals surface area contributed by atoms with Crippen molar-refractivity contribution in [1.82, 2.24) is 0 Å². The third-order valence-corrected chi connectivity index (χ3v) is 0.390. The number of hydrogen-bond acceptors (Lipinski definition) is 5. The van der Waals surface area contributed by atoms with Gasteiger partial charge in [-0.1, -0.05) is 0 Å². The largest absolute Gasteiger partial charge is 1.00 e. The van der Waals surface area contributed by atoms with Crippen molar-refractivity contribution in [3.63, 3.8) is 0 Å². The molecule has 0 amide bonds. The molecule has 0 saturated heterocycles. The van der Waals surface area contributed by atoms with Gasteiger partial charge in [0.15, 0.2) is 0 Å². The second-order valence-electron chi connectivity index (χ2n) is 1.38. The maximum Gasteiger partial charge on any atom is 1.00 e. The zero-order valence-electron chi connectivity index (χ0n) is 7.23. The summed E-state index contributed by atoms with van der Waals surface area (Å²) in [5, 5.41) is 24.5. The average Bonchev–Trinajstić information content (AvgIpc) is 1.63. The summed E-state index contributed by atoms with van der Waals surface area (Å²) in [5.41, 5.74) is 4.84. The molecule has 60 valence electrons. The van der Waals surface area contributed by atoms with Crippen molar-refractivity contribution in [1.29, 1.82) is 0 Å². The van der Waals surface area contributed by atoms with Crippen LogP contribution in [0.3, 0.4) is 0 Å². The van der Waals surface area contributed by atoms with Gasteiger partial charge in [0, 0.05) is 0 Å². The van der Waals surface area contributed by atoms with Gasteiger partial charge in [-0.3, -0.25) is 4.79 Å². The van der Waals surface area contributed by atoms with Gasteiger partial charge in [-0.15, -0.1) is 0 Å². The van der Waals surface area contributed by atoms with Crippen LogP contribution in [0.2, 0.25) is 0 Å². The maximum atomic E-state index is 9.57. The summed E-state index contributed by atoms with van der Waals surface area (Å²) in [6.07, 6.45) is -2.33. The van der Waals surface area contributed by atoms with Crippen LogP contribution in [0.5, 0.6) is 0 Å². The average molecular weight is 195 g/mol. The Hall–Kier alpha value is 0.700. The molecule has 0 heterocycles. The Morgan fingerprint density at radius 3 is 1.42 bits per heavy atom. The van der Waals surface area contributed by atoms with Crippen LogP contribution < -0.4 is 75.1 Å². The fourth-order valence-electron chi connectivity index (χ4n) is 0. The molecule has 0 aromatic heterocycles. The summed E-state index contributed by atoms with van der Waals surface area (Å²) >= 11 is 0. The minimum Gasteiger partial charge on any atom is -0.652 e. The predicted octanol–water partition coefficient (Wildman–Crippen LogP) is -9.02. The van der Waals surface area contributed by atoms with E-state index in [-0.39, 0.29) is 59.1 Å². The normalized spacial score (nSPS) is 8.83. The van der Waals surface area contributed by atoms with Gasteiger partial charge in [0.1, 0.15) is 6.04 Å². The van der Waals surface area contributed by atoms with Crippen molar-refractivity contribution in [3.05, 3.63) is 0 Å². The van der Waals surface area contributed by atoms with Gasteiger partial charge in [0.25, 0.3) is 0 Å². The van der Waals surface area contributed by atoms with Crippen molar-refractivity contribution in [2.75, 3.05) is 0 Å². The van der Waals surface area contributed by atoms with E-state index in [4.69, 9.17) is 25.8 Å². The van der Waals surface area contributed by atoms with E-state index in [2.05, 4.69) is 0 Å². The maximum absolute atomic E-state index is 9.57. The summed E-state index contributed by atoms with van der Waals surface area (Å²) in [6.45, 7) is 1.42. The zero-order valence-corrected chi connectivity index (χ0v) is 11.2. The Bertz CT molecular complexity index is 125. The van der Waals surface area contributed by atoms with Crippen LogP contribution in [0, 0.1) is 0 Å². The molecule has 12 heavy (non-hydrogen) atoms. The van der Waals surface area contributed by atoms with Crippen molar-refractivity contribution in [2.24, 2.45) is 5.73 Å². The second-order valence-corrected chi connectivity index (χ2v) is 1.38. The van der Waals surface area contributed by atoms with Gasteiger partial charge in [-0.25, -0.2) is 0 Å². The standard InChI is InChI=1S/C3H7NO2.CH2O3.2Na/c1-2(4)3(5)6;2-1(3)4;;/h2H,4H2,1H3,(H,5,6);(H2,2,3,4);;/q;;2*+1/p-2. The summed E-state index contributed by atoms with van der Waals surface area (Å²) in [5.74, 6) is -0.963. The van der Waals surface area contributed by atoms with Gasteiger partial charge in [0.2, 0.25) is 0 Å². The van der Waals surface area contributed by atoms with Crippen LogP contribution >= 0.6 is 0 Å². The molecule has 6 nitrogen and oxygen atoms in total. The molecule has 0 aromatic rings. The number of hydrogen-bond donors (Lipinski definition) is 2. The van der Waals surface area contributed by atoms with E-state index in [1.54, 1.807) is 0 Å². The van der Waals surface area contributed by atoms with Crippen LogP contribution in [0.25, 0.3) is 0 Å². The molecular weight excluding hydrogens is 188 g/mol. The SMILES string of the molecule is CC(N)C(=O)O.O=C([O-])[O-].[Na+].[Na+]. The Labute approximate surface area is 114 Å². The molecule has 0 rings (SSSR count). The number of carbonyl (C=O) groups excluding carboxylic acids is 1. The fourth-order valence-corrected chi connectivity index (χ4v) is 0. The van der Waals surface area contributed by atoms with Gasteiger partial charge in [0.05, 0.1) is 0 Å². The summed E-state index contributed by atoms with van der Waals surface area (Å²) in [7, 11) is 0. The third-order valence-electron chi connectivity index (χ3n) is 0.390. The molecule has 0 bridgehead atoms. The predicted molar refractivity (Wildman–Crippen MR) is 26.7 cm³/mol. The molecule has 0 spiro atoms. The second kappa shape index (κ2) is 14.2. The summed E-state index contributed by atoms with van der Waals surface area (Å²) in [6, 6.07) is -0.731. The molecule has 0 aliphatic heterocycles. The van der Waals surface area contributed by atoms with Gasteiger partial charge >= 0.3 is 65.1 Å². The van der Waals surface area contributed by atoms with Gasteiger partial charge in [-0.05, 0) is 13.1 Å². The van der Waals surface area contributed by atoms with Crippen LogP contribution in [0.15, 0.2) is 0 Å². The van der Waals surface area contributed by atoms with Crippen molar-refractivity contribution >= 4 is 12.1 Å². The number of aliphatic carboxylic acids is 1. The molecule has 0 aromatic carbocycles. The number of carbonyl (C=O) groups is 2. The van der Waals surface area contributed by atoms with E-state index in [0.29, 0.717) is 0 Å². The van der Waals surface area contributed by atoms with Crippen LogP contribution in [-0.2, 0) is 4.79 Å². The number of nitrogens with two attached hydrogens (primary N) is 1.